The van der Waals surface area contributed by atoms with Crippen molar-refractivity contribution in [2.24, 2.45) is 5.92 Å². The van der Waals surface area contributed by atoms with Crippen LogP contribution in [0.3, 0.4) is 0 Å². The molecule has 1 aromatic carbocycles. The summed E-state index contributed by atoms with van der Waals surface area (Å²) in [4.78, 5) is 6.87. The number of anilines is 1. The summed E-state index contributed by atoms with van der Waals surface area (Å²) >= 11 is 6.10. The van der Waals surface area contributed by atoms with Crippen LogP contribution >= 0.6 is 11.6 Å². The summed E-state index contributed by atoms with van der Waals surface area (Å²) in [7, 11) is 0. The molecule has 1 N–H and O–H groups in total. The molecule has 2 saturated heterocycles. The lowest BCUT2D eigenvalue weighted by Gasteiger charge is -2.38. The summed E-state index contributed by atoms with van der Waals surface area (Å²) in [5, 5.41) is 12.2. The predicted octanol–water partition coefficient (Wildman–Crippen LogP) is 3.25. The largest absolute Gasteiger partial charge is 0.393 e. The molecule has 2 aliphatic heterocycles. The van der Waals surface area contributed by atoms with Crippen LogP contribution in [0.1, 0.15) is 19.3 Å². The summed E-state index contributed by atoms with van der Waals surface area (Å²) in [6, 6.07) is 8.27. The van der Waals surface area contributed by atoms with Crippen LogP contribution < -0.4 is 4.90 Å². The number of ether oxygens (including phenoxy) is 1. The van der Waals surface area contributed by atoms with Gasteiger partial charge in [-0.15, -0.1) is 0 Å². The Hall–Kier alpha value is -1.36. The molecular weight excluding hydrogens is 312 g/mol. The van der Waals surface area contributed by atoms with Gasteiger partial charge in [-0.1, -0.05) is 11.6 Å². The van der Waals surface area contributed by atoms with E-state index in [1.165, 1.54) is 5.69 Å². The number of aliphatic hydroxyl groups excluding tert-OH is 1. The van der Waals surface area contributed by atoms with Gasteiger partial charge in [0.05, 0.1) is 18.2 Å². The first-order valence-corrected chi connectivity index (χ1v) is 8.68. The van der Waals surface area contributed by atoms with E-state index in [4.69, 9.17) is 16.3 Å². The van der Waals surface area contributed by atoms with E-state index >= 15 is 0 Å². The summed E-state index contributed by atoms with van der Waals surface area (Å²) in [5.74, 6) is 0.182. The van der Waals surface area contributed by atoms with Crippen molar-refractivity contribution in [2.75, 3.05) is 24.7 Å². The Balaban J connectivity index is 1.71. The zero-order valence-corrected chi connectivity index (χ0v) is 13.7. The van der Waals surface area contributed by atoms with E-state index in [2.05, 4.69) is 16.0 Å². The summed E-state index contributed by atoms with van der Waals surface area (Å²) in [6.45, 7) is 2.33. The first-order valence-electron chi connectivity index (χ1n) is 8.31. The van der Waals surface area contributed by atoms with Gasteiger partial charge in [0.1, 0.15) is 0 Å². The number of nitrogens with zero attached hydrogens (tertiary/aromatic N) is 2. The monoisotopic (exact) mass is 332 g/mol. The second kappa shape index (κ2) is 6.27. The first-order chi connectivity index (χ1) is 11.2. The van der Waals surface area contributed by atoms with Crippen molar-refractivity contribution >= 4 is 28.2 Å². The Morgan fingerprint density at radius 2 is 2.17 bits per heavy atom. The van der Waals surface area contributed by atoms with Crippen molar-refractivity contribution in [3.63, 3.8) is 0 Å². The summed E-state index contributed by atoms with van der Waals surface area (Å²) < 4.78 is 5.64. The van der Waals surface area contributed by atoms with E-state index in [1.807, 2.05) is 24.4 Å². The topological polar surface area (TPSA) is 45.6 Å². The normalized spacial score (nSPS) is 28.4. The Labute approximate surface area is 141 Å². The van der Waals surface area contributed by atoms with Gasteiger partial charge < -0.3 is 14.7 Å². The van der Waals surface area contributed by atoms with Crippen LogP contribution in [-0.4, -0.2) is 42.0 Å². The van der Waals surface area contributed by atoms with Gasteiger partial charge in [0, 0.05) is 47.4 Å². The molecule has 3 unspecified atom stereocenters. The Kier molecular flexibility index (Phi) is 4.14. The fourth-order valence-electron chi connectivity index (χ4n) is 4.01. The SMILES string of the molecule is OC1CCOCC1C1CCCN1c1ccnc2cc(Cl)ccc12. The average Bonchev–Trinajstić information content (AvgIpc) is 3.03. The summed E-state index contributed by atoms with van der Waals surface area (Å²) in [6.07, 6.45) is 4.56. The van der Waals surface area contributed by atoms with Crippen LogP contribution in [-0.2, 0) is 4.74 Å². The van der Waals surface area contributed by atoms with Crippen LogP contribution in [0.4, 0.5) is 5.69 Å². The number of halogens is 1. The quantitative estimate of drug-likeness (QED) is 0.917. The van der Waals surface area contributed by atoms with Gasteiger partial charge in [0.2, 0.25) is 0 Å². The second-order valence-corrected chi connectivity index (χ2v) is 6.93. The number of aliphatic hydroxyl groups is 1. The lowest BCUT2D eigenvalue weighted by molar-refractivity contribution is -0.0437. The Morgan fingerprint density at radius 1 is 1.26 bits per heavy atom. The maximum absolute atomic E-state index is 10.4. The van der Waals surface area contributed by atoms with Crippen molar-refractivity contribution in [2.45, 2.75) is 31.4 Å². The molecule has 2 aromatic rings. The van der Waals surface area contributed by atoms with Crippen molar-refractivity contribution in [1.82, 2.24) is 4.98 Å². The highest BCUT2D eigenvalue weighted by Crippen LogP contribution is 2.37. The van der Waals surface area contributed by atoms with E-state index in [1.54, 1.807) is 0 Å². The molecule has 2 fully saturated rings. The summed E-state index contributed by atoms with van der Waals surface area (Å²) in [5.41, 5.74) is 2.10. The van der Waals surface area contributed by atoms with Crippen LogP contribution in [0.15, 0.2) is 30.5 Å². The van der Waals surface area contributed by atoms with E-state index in [-0.39, 0.29) is 12.0 Å². The van der Waals surface area contributed by atoms with Crippen molar-refractivity contribution in [3.8, 4) is 0 Å². The molecule has 0 bridgehead atoms. The molecule has 3 heterocycles. The maximum Gasteiger partial charge on any atom is 0.0737 e. The molecular formula is C18H21ClN2O2. The first kappa shape index (κ1) is 15.2. The number of pyridine rings is 1. The highest BCUT2D eigenvalue weighted by Gasteiger charge is 2.38. The lowest BCUT2D eigenvalue weighted by Crippen LogP contribution is -2.46. The van der Waals surface area contributed by atoms with E-state index in [0.717, 1.165) is 36.7 Å². The average molecular weight is 333 g/mol. The molecule has 0 saturated carbocycles. The smallest absolute Gasteiger partial charge is 0.0737 e. The zero-order valence-electron chi connectivity index (χ0n) is 13.0. The zero-order chi connectivity index (χ0) is 15.8. The number of hydrogen-bond donors (Lipinski definition) is 1. The number of benzene rings is 1. The van der Waals surface area contributed by atoms with Crippen LogP contribution in [0.5, 0.6) is 0 Å². The number of rotatable bonds is 2. The van der Waals surface area contributed by atoms with Gasteiger partial charge in [-0.2, -0.15) is 0 Å². The number of aromatic nitrogens is 1. The maximum atomic E-state index is 10.4. The van der Waals surface area contributed by atoms with E-state index in [0.29, 0.717) is 24.3 Å². The van der Waals surface area contributed by atoms with Gasteiger partial charge in [-0.3, -0.25) is 4.98 Å². The lowest BCUT2D eigenvalue weighted by atomic mass is 9.89. The van der Waals surface area contributed by atoms with E-state index < -0.39 is 0 Å². The Bertz CT molecular complexity index is 708. The minimum Gasteiger partial charge on any atom is -0.393 e. The molecule has 122 valence electrons. The van der Waals surface area contributed by atoms with Gasteiger partial charge in [-0.05, 0) is 43.5 Å². The standard InChI is InChI=1S/C18H21ClN2O2/c19-12-3-4-13-15(10-12)20-7-5-17(13)21-8-1-2-16(21)14-11-23-9-6-18(14)22/h3-5,7,10,14,16,18,22H,1-2,6,8-9,11H2. The third kappa shape index (κ3) is 2.80. The van der Waals surface area contributed by atoms with Crippen LogP contribution in [0.25, 0.3) is 10.9 Å². The molecule has 1 aromatic heterocycles. The molecule has 0 spiro atoms. The Morgan fingerprint density at radius 3 is 3.04 bits per heavy atom. The third-order valence-electron chi connectivity index (χ3n) is 5.15. The van der Waals surface area contributed by atoms with Gasteiger partial charge in [0.15, 0.2) is 0 Å². The molecule has 4 nitrogen and oxygen atoms in total. The van der Waals surface area contributed by atoms with Gasteiger partial charge >= 0.3 is 0 Å². The highest BCUT2D eigenvalue weighted by atomic mass is 35.5. The molecule has 4 rings (SSSR count). The van der Waals surface area contributed by atoms with Crippen LogP contribution in [0, 0.1) is 5.92 Å². The molecule has 3 atom stereocenters. The molecule has 23 heavy (non-hydrogen) atoms. The highest BCUT2D eigenvalue weighted by molar-refractivity contribution is 6.31. The van der Waals surface area contributed by atoms with Crippen molar-refractivity contribution in [3.05, 3.63) is 35.5 Å². The fourth-order valence-corrected chi connectivity index (χ4v) is 4.18. The molecule has 0 radical (unpaired) electrons. The minimum atomic E-state index is -0.267. The second-order valence-electron chi connectivity index (χ2n) is 6.49. The number of hydrogen-bond acceptors (Lipinski definition) is 4. The predicted molar refractivity (Wildman–Crippen MR) is 92.1 cm³/mol. The molecule has 5 heteroatoms. The molecule has 0 amide bonds. The van der Waals surface area contributed by atoms with Gasteiger partial charge in [-0.25, -0.2) is 0 Å². The van der Waals surface area contributed by atoms with Crippen molar-refractivity contribution in [1.29, 1.82) is 0 Å². The fraction of sp³-hybridized carbons (Fsp3) is 0.500. The molecule has 0 aliphatic carbocycles. The number of fused-ring (bicyclic) bond motifs is 1. The third-order valence-corrected chi connectivity index (χ3v) is 5.38. The molecule has 2 aliphatic rings. The van der Waals surface area contributed by atoms with Crippen molar-refractivity contribution < 1.29 is 9.84 Å². The van der Waals surface area contributed by atoms with Gasteiger partial charge in [0.25, 0.3) is 0 Å². The van der Waals surface area contributed by atoms with E-state index in [9.17, 15) is 5.11 Å². The van der Waals surface area contributed by atoms with Crippen LogP contribution in [0.2, 0.25) is 5.02 Å². The minimum absolute atomic E-state index is 0.182.